The summed E-state index contributed by atoms with van der Waals surface area (Å²) in [5, 5.41) is 10.2. The minimum Gasteiger partial charge on any atom is -0.309 e. The third kappa shape index (κ3) is 20.8. The summed E-state index contributed by atoms with van der Waals surface area (Å²) in [5.74, 6) is 4.81. The van der Waals surface area contributed by atoms with Crippen molar-refractivity contribution >= 4 is 111 Å². The second-order valence-corrected chi connectivity index (χ2v) is 47.8. The van der Waals surface area contributed by atoms with E-state index in [1.54, 1.807) is 0 Å². The Hall–Kier alpha value is -10.7. The van der Waals surface area contributed by atoms with Gasteiger partial charge in [0.25, 0.3) is 0 Å². The zero-order chi connectivity index (χ0) is 95.7. The van der Waals surface area contributed by atoms with Crippen LogP contribution in [0.1, 0.15) is 418 Å². The average Bonchev–Trinajstić information content (AvgIpc) is 0.716. The zero-order valence-corrected chi connectivity index (χ0v) is 87.0. The third-order valence-electron chi connectivity index (χ3n) is 33.5. The molecule has 0 aromatic heterocycles. The fourth-order valence-electron chi connectivity index (χ4n) is 24.8. The van der Waals surface area contributed by atoms with E-state index in [2.05, 4.69) is 397 Å². The summed E-state index contributed by atoms with van der Waals surface area (Å²) < 4.78 is 0. The van der Waals surface area contributed by atoms with Gasteiger partial charge in [-0.2, -0.15) is 0 Å². The molecular weight excluding hydrogens is 1670 g/mol. The Morgan fingerprint density at radius 1 is 0.174 bits per heavy atom. The molecule has 0 radical (unpaired) electrons. The highest BCUT2D eigenvalue weighted by molar-refractivity contribution is 6.25. The van der Waals surface area contributed by atoms with Crippen LogP contribution in [0.2, 0.25) is 0 Å². The molecule has 14 aromatic carbocycles. The van der Waals surface area contributed by atoms with Crippen LogP contribution < -0.4 is 19.6 Å². The van der Waals surface area contributed by atoms with Crippen molar-refractivity contribution in [1.82, 2.24) is 0 Å². The molecule has 6 aliphatic carbocycles. The summed E-state index contributed by atoms with van der Waals surface area (Å²) in [6.07, 6.45) is 39.9. The molecule has 0 saturated heterocycles. The van der Waals surface area contributed by atoms with Crippen LogP contribution in [0.4, 0.5) is 68.2 Å². The zero-order valence-electron chi connectivity index (χ0n) is 87.0. The van der Waals surface area contributed by atoms with Crippen LogP contribution in [0.3, 0.4) is 0 Å². The first-order valence-corrected chi connectivity index (χ1v) is 54.7. The van der Waals surface area contributed by atoms with Gasteiger partial charge in [-0.3, -0.25) is 0 Å². The Bertz CT molecular complexity index is 5940. The van der Waals surface area contributed by atoms with E-state index in [0.29, 0.717) is 47.3 Å². The number of nitrogens with zero attached hydrogens (tertiary/aromatic N) is 4. The lowest BCUT2D eigenvalue weighted by Gasteiger charge is -2.35. The molecule has 0 unspecified atom stereocenters. The van der Waals surface area contributed by atoms with Gasteiger partial charge in [-0.1, -0.05) is 372 Å². The van der Waals surface area contributed by atoms with Gasteiger partial charge in [0, 0.05) is 88.6 Å². The molecule has 14 aromatic rings. The van der Waals surface area contributed by atoms with Gasteiger partial charge in [0.05, 0.1) is 22.7 Å². The van der Waals surface area contributed by atoms with Crippen molar-refractivity contribution in [1.29, 1.82) is 0 Å². The minimum atomic E-state index is -0.0522. The number of hydrogen-bond donors (Lipinski definition) is 0. The standard InChI is InChI=1S/C70H84N2.C64H76N2/c1-69(2,3)57-35-45-63-65(47-57)67(71(59-37-27-53(28-38-59)49-19-11-7-12-20-49)60-39-29-54(30-40-60)50-21-13-8-14-22-50)64-46-36-58(70(4,5)6)48-66(64)68(63)72(61-41-31-55(32-42-61)51-23-15-9-16-24-51)62-43-33-56(34-44-62)52-25-17-10-18-26-52;1-43(2)45-21-31-53(32-22-45)65(55-35-25-49(26-36-55)47-17-13-11-14-18-47)61-57-39-29-52(64(8,9)10)42-60(57)62(58-40-30-51(41-59(58)61)63(5,6)7)66(54-33-23-46(24-34-54)44(3)4)56-37-27-50(28-38-56)48-19-15-12-16-20-48/h27-52H,7-26H2,1-6H3;21-44,47-48H,11-20H2,1-10H3. The van der Waals surface area contributed by atoms with Crippen LogP contribution in [0.15, 0.2) is 267 Å². The van der Waals surface area contributed by atoms with Crippen molar-refractivity contribution in [2.24, 2.45) is 0 Å². The smallest absolute Gasteiger partial charge is 0.0620 e. The molecule has 6 fully saturated rings. The molecule has 0 atom stereocenters. The summed E-state index contributed by atoms with van der Waals surface area (Å²) in [4.78, 5) is 10.5. The molecule has 0 aliphatic heterocycles. The Balaban J connectivity index is 0.000000177. The highest BCUT2D eigenvalue weighted by Gasteiger charge is 2.35. The maximum absolute atomic E-state index is 2.65. The van der Waals surface area contributed by atoms with E-state index in [-0.39, 0.29) is 21.7 Å². The van der Waals surface area contributed by atoms with Crippen molar-refractivity contribution in [2.75, 3.05) is 19.6 Å². The SMILES string of the molecule is CC(C)(C)c1ccc2c(N(c3ccc(C4CCCCC4)cc3)c3ccc(C4CCCCC4)cc3)c3cc(C(C)(C)C)ccc3c(N(c3ccc(C4CCCCC4)cc3)c3ccc(C4CCCCC4)cc3)c2c1.CC(C)c1ccc(N(c2ccc(C3CCCCC3)cc2)c2c3ccc(C(C)(C)C)cc3c(N(c3ccc(C(C)C)cc3)c3ccc(C4CCCCC4)cc3)c3ccc(C(C)(C)C)cc23)cc1. The van der Waals surface area contributed by atoms with Crippen molar-refractivity contribution in [3.05, 3.63) is 334 Å². The van der Waals surface area contributed by atoms with Crippen LogP contribution >= 0.6 is 0 Å². The molecule has 0 heterocycles. The van der Waals surface area contributed by atoms with Crippen molar-refractivity contribution in [3.8, 4) is 0 Å². The third-order valence-corrected chi connectivity index (χ3v) is 33.5. The topological polar surface area (TPSA) is 13.0 Å². The summed E-state index contributed by atoms with van der Waals surface area (Å²) in [5.41, 5.74) is 31.5. The first kappa shape index (κ1) is 96.2. The van der Waals surface area contributed by atoms with Gasteiger partial charge in [0.2, 0.25) is 0 Å². The fourth-order valence-corrected chi connectivity index (χ4v) is 24.8. The predicted octanol–water partition coefficient (Wildman–Crippen LogP) is 41.6. The predicted molar refractivity (Wildman–Crippen MR) is 600 cm³/mol. The number of benzene rings is 14. The summed E-state index contributed by atoms with van der Waals surface area (Å²) in [6, 6.07) is 107. The van der Waals surface area contributed by atoms with Gasteiger partial charge in [-0.15, -0.1) is 0 Å². The molecule has 4 heteroatoms. The molecule has 0 spiro atoms. The van der Waals surface area contributed by atoms with E-state index in [0.717, 1.165) is 0 Å². The number of anilines is 12. The maximum atomic E-state index is 2.65. The summed E-state index contributed by atoms with van der Waals surface area (Å²) >= 11 is 0. The Labute approximate surface area is 831 Å². The van der Waals surface area contributed by atoms with Gasteiger partial charge in [-0.05, 0) is 334 Å². The highest BCUT2D eigenvalue weighted by Crippen LogP contribution is 2.58. The molecule has 0 N–H and O–H groups in total. The largest absolute Gasteiger partial charge is 0.309 e. The van der Waals surface area contributed by atoms with Gasteiger partial charge in [-0.25, -0.2) is 0 Å². The molecule has 6 aliphatic rings. The van der Waals surface area contributed by atoms with Crippen LogP contribution in [-0.2, 0) is 21.7 Å². The lowest BCUT2D eigenvalue weighted by atomic mass is 9.82. The highest BCUT2D eigenvalue weighted by atomic mass is 15.2. The Morgan fingerprint density at radius 2 is 0.319 bits per heavy atom. The lowest BCUT2D eigenvalue weighted by molar-refractivity contribution is 0.443. The van der Waals surface area contributed by atoms with E-state index >= 15 is 0 Å². The van der Waals surface area contributed by atoms with Crippen molar-refractivity contribution in [3.63, 3.8) is 0 Å². The maximum Gasteiger partial charge on any atom is 0.0620 e. The average molecular weight is 1830 g/mol. The van der Waals surface area contributed by atoms with Crippen LogP contribution in [0.5, 0.6) is 0 Å². The van der Waals surface area contributed by atoms with Gasteiger partial charge in [0.1, 0.15) is 0 Å². The van der Waals surface area contributed by atoms with Gasteiger partial charge in [0.15, 0.2) is 0 Å². The number of hydrogen-bond acceptors (Lipinski definition) is 4. The van der Waals surface area contributed by atoms with E-state index in [4.69, 9.17) is 0 Å². The van der Waals surface area contributed by atoms with Crippen LogP contribution in [-0.4, -0.2) is 0 Å². The quantitative estimate of drug-likeness (QED) is 0.0557. The molecule has 6 saturated carbocycles. The van der Waals surface area contributed by atoms with E-state index in [9.17, 15) is 0 Å². The molecular formula is C134H160N4. The van der Waals surface area contributed by atoms with Gasteiger partial charge >= 0.3 is 0 Å². The second-order valence-electron chi connectivity index (χ2n) is 47.8. The Kier molecular flexibility index (Phi) is 28.8. The first-order chi connectivity index (χ1) is 66.6. The number of fused-ring (bicyclic) bond motifs is 4. The monoisotopic (exact) mass is 1830 g/mol. The Morgan fingerprint density at radius 3 is 0.457 bits per heavy atom. The molecule has 138 heavy (non-hydrogen) atoms. The summed E-state index contributed by atoms with van der Waals surface area (Å²) in [7, 11) is 0. The normalized spacial score (nSPS) is 16.9. The second kappa shape index (κ2) is 41.2. The molecule has 716 valence electrons. The van der Waals surface area contributed by atoms with Crippen molar-refractivity contribution < 1.29 is 0 Å². The first-order valence-electron chi connectivity index (χ1n) is 54.7. The molecule has 0 bridgehead atoms. The van der Waals surface area contributed by atoms with Crippen molar-refractivity contribution in [2.45, 2.75) is 372 Å². The molecule has 4 nitrogen and oxygen atoms in total. The van der Waals surface area contributed by atoms with Crippen LogP contribution in [0.25, 0.3) is 43.1 Å². The van der Waals surface area contributed by atoms with E-state index < -0.39 is 0 Å². The van der Waals surface area contributed by atoms with E-state index in [1.165, 1.54) is 371 Å². The number of rotatable bonds is 20. The summed E-state index contributed by atoms with van der Waals surface area (Å²) in [6.45, 7) is 37.6. The van der Waals surface area contributed by atoms with Crippen LogP contribution in [0, 0.1) is 0 Å². The van der Waals surface area contributed by atoms with E-state index in [1.807, 2.05) is 0 Å². The minimum absolute atomic E-state index is 0.0472. The lowest BCUT2D eigenvalue weighted by Crippen LogP contribution is -2.17. The fraction of sp³-hybridized carbons (Fsp3) is 0.433. The molecule has 20 rings (SSSR count). The van der Waals surface area contributed by atoms with Gasteiger partial charge < -0.3 is 19.6 Å². The molecule has 0 amide bonds.